The first-order valence-electron chi connectivity index (χ1n) is 8.38. The average molecular weight is 375 g/mol. The third kappa shape index (κ3) is 3.29. The van der Waals surface area contributed by atoms with Gasteiger partial charge < -0.3 is 10.6 Å². The van der Waals surface area contributed by atoms with E-state index in [-0.39, 0.29) is 11.9 Å². The van der Waals surface area contributed by atoms with Crippen molar-refractivity contribution >= 4 is 39.1 Å². The van der Waals surface area contributed by atoms with Gasteiger partial charge in [0.05, 0.1) is 16.3 Å². The molecule has 25 heavy (non-hydrogen) atoms. The van der Waals surface area contributed by atoms with E-state index < -0.39 is 0 Å². The monoisotopic (exact) mass is 374 g/mol. The van der Waals surface area contributed by atoms with Gasteiger partial charge in [0.25, 0.3) is 5.91 Å². The summed E-state index contributed by atoms with van der Waals surface area (Å²) in [4.78, 5) is 14.3. The molecule has 1 aliphatic heterocycles. The summed E-state index contributed by atoms with van der Waals surface area (Å²) in [5, 5.41) is 12.8. The van der Waals surface area contributed by atoms with Crippen molar-refractivity contribution in [1.82, 2.24) is 20.4 Å². The fourth-order valence-corrected chi connectivity index (χ4v) is 4.36. The van der Waals surface area contributed by atoms with Gasteiger partial charge in [0, 0.05) is 23.0 Å². The van der Waals surface area contributed by atoms with Crippen molar-refractivity contribution in [2.75, 3.05) is 13.1 Å². The second-order valence-corrected chi connectivity index (χ2v) is 7.79. The molecule has 0 bridgehead atoms. The molecule has 2 aromatic heterocycles. The molecule has 1 fully saturated rings. The Labute approximate surface area is 155 Å². The number of hydrogen-bond acceptors (Lipinski definition) is 4. The highest BCUT2D eigenvalue weighted by Crippen LogP contribution is 2.30. The van der Waals surface area contributed by atoms with Crippen molar-refractivity contribution in [2.24, 2.45) is 0 Å². The molecule has 0 saturated carbocycles. The van der Waals surface area contributed by atoms with Crippen molar-refractivity contribution in [1.29, 1.82) is 0 Å². The number of halogens is 1. The molecule has 5 nitrogen and oxygen atoms in total. The predicted molar refractivity (Wildman–Crippen MR) is 102 cm³/mol. The number of rotatable bonds is 3. The summed E-state index contributed by atoms with van der Waals surface area (Å²) in [5.41, 5.74) is 1.85. The van der Waals surface area contributed by atoms with Crippen molar-refractivity contribution in [3.63, 3.8) is 0 Å². The van der Waals surface area contributed by atoms with Crippen molar-refractivity contribution in [3.05, 3.63) is 45.9 Å². The highest BCUT2D eigenvalue weighted by Gasteiger charge is 2.20. The van der Waals surface area contributed by atoms with Crippen LogP contribution in [-0.2, 0) is 0 Å². The van der Waals surface area contributed by atoms with E-state index in [1.807, 2.05) is 41.9 Å². The number of amides is 1. The van der Waals surface area contributed by atoms with Crippen LogP contribution in [0.1, 0.15) is 28.2 Å². The van der Waals surface area contributed by atoms with E-state index in [9.17, 15) is 4.79 Å². The molecule has 1 amide bonds. The van der Waals surface area contributed by atoms with Crippen LogP contribution in [-0.4, -0.2) is 34.8 Å². The molecular formula is C18H19ClN4OS. The number of hydrogen-bond donors (Lipinski definition) is 2. The van der Waals surface area contributed by atoms with Gasteiger partial charge in [0.1, 0.15) is 4.83 Å². The van der Waals surface area contributed by atoms with Crippen LogP contribution in [0.25, 0.3) is 15.9 Å². The van der Waals surface area contributed by atoms with Gasteiger partial charge in [-0.2, -0.15) is 5.10 Å². The van der Waals surface area contributed by atoms with Gasteiger partial charge in [-0.1, -0.05) is 11.6 Å². The Balaban J connectivity index is 1.64. The zero-order valence-electron chi connectivity index (χ0n) is 13.9. The lowest BCUT2D eigenvalue weighted by Crippen LogP contribution is -2.45. The zero-order chi connectivity index (χ0) is 17.4. The second kappa shape index (κ2) is 6.78. The van der Waals surface area contributed by atoms with Crippen molar-refractivity contribution in [3.8, 4) is 5.69 Å². The number of aryl methyl sites for hydroxylation is 1. The summed E-state index contributed by atoms with van der Waals surface area (Å²) in [6.45, 7) is 3.84. The molecule has 1 saturated heterocycles. The van der Waals surface area contributed by atoms with Gasteiger partial charge in [0.2, 0.25) is 0 Å². The minimum atomic E-state index is -0.00282. The first-order valence-corrected chi connectivity index (χ1v) is 9.58. The van der Waals surface area contributed by atoms with Crippen molar-refractivity contribution < 1.29 is 4.79 Å². The van der Waals surface area contributed by atoms with Crippen LogP contribution in [0.5, 0.6) is 0 Å². The van der Waals surface area contributed by atoms with E-state index in [1.54, 1.807) is 0 Å². The molecule has 0 aliphatic carbocycles. The number of aromatic nitrogens is 2. The standard InChI is InChI=1S/C18H19ClN4OS/c1-11-15-9-16(17(24)21-13-3-2-8-20-10-13)25-18(15)23(22-11)14-6-4-12(19)5-7-14/h4-7,9,13,20H,2-3,8,10H2,1H3,(H,21,24)/t13-/m0/s1. The lowest BCUT2D eigenvalue weighted by molar-refractivity contribution is 0.0935. The topological polar surface area (TPSA) is 59.0 Å². The Hall–Kier alpha value is -1.89. The molecule has 4 rings (SSSR count). The number of nitrogens with zero attached hydrogens (tertiary/aromatic N) is 2. The lowest BCUT2D eigenvalue weighted by Gasteiger charge is -2.23. The summed E-state index contributed by atoms with van der Waals surface area (Å²) in [5.74, 6) is -0.00282. The molecule has 1 aromatic carbocycles. The highest BCUT2D eigenvalue weighted by atomic mass is 35.5. The third-order valence-corrected chi connectivity index (χ3v) is 5.83. The summed E-state index contributed by atoms with van der Waals surface area (Å²) < 4.78 is 1.88. The van der Waals surface area contributed by atoms with Crippen LogP contribution in [0.3, 0.4) is 0 Å². The number of benzene rings is 1. The maximum Gasteiger partial charge on any atom is 0.261 e. The SMILES string of the molecule is Cc1nn(-c2ccc(Cl)cc2)c2sc(C(=O)N[C@H]3CCCNC3)cc12. The summed E-state index contributed by atoms with van der Waals surface area (Å²) in [6, 6.07) is 9.71. The summed E-state index contributed by atoms with van der Waals surface area (Å²) >= 11 is 7.45. The molecule has 1 atom stereocenters. The fourth-order valence-electron chi connectivity index (χ4n) is 3.15. The molecule has 3 aromatic rings. The van der Waals surface area contributed by atoms with Gasteiger partial charge >= 0.3 is 0 Å². The smallest absolute Gasteiger partial charge is 0.261 e. The number of piperidine rings is 1. The van der Waals surface area contributed by atoms with Gasteiger partial charge in [-0.05, 0) is 56.6 Å². The highest BCUT2D eigenvalue weighted by molar-refractivity contribution is 7.20. The van der Waals surface area contributed by atoms with Crippen molar-refractivity contribution in [2.45, 2.75) is 25.8 Å². The average Bonchev–Trinajstić information content (AvgIpc) is 3.18. The zero-order valence-corrected chi connectivity index (χ0v) is 15.5. The number of fused-ring (bicyclic) bond motifs is 1. The van der Waals surface area contributed by atoms with Crippen LogP contribution >= 0.6 is 22.9 Å². The molecule has 0 spiro atoms. The maximum absolute atomic E-state index is 12.6. The first-order chi connectivity index (χ1) is 12.1. The molecule has 2 N–H and O–H groups in total. The fraction of sp³-hybridized carbons (Fsp3) is 0.333. The van der Waals surface area contributed by atoms with Crippen LogP contribution in [0.15, 0.2) is 30.3 Å². The van der Waals surface area contributed by atoms with E-state index in [1.165, 1.54) is 11.3 Å². The van der Waals surface area contributed by atoms with Crippen LogP contribution in [0.2, 0.25) is 5.02 Å². The normalized spacial score (nSPS) is 17.8. The van der Waals surface area contributed by atoms with E-state index in [2.05, 4.69) is 15.7 Å². The molecule has 0 radical (unpaired) electrons. The van der Waals surface area contributed by atoms with E-state index in [0.717, 1.165) is 52.4 Å². The first kappa shape index (κ1) is 16.6. The van der Waals surface area contributed by atoms with Crippen LogP contribution < -0.4 is 10.6 Å². The van der Waals surface area contributed by atoms with Gasteiger partial charge in [0.15, 0.2) is 0 Å². The number of nitrogens with one attached hydrogen (secondary N) is 2. The summed E-state index contributed by atoms with van der Waals surface area (Å²) in [7, 11) is 0. The minimum absolute atomic E-state index is 0.00282. The Morgan fingerprint density at radius 3 is 2.92 bits per heavy atom. The van der Waals surface area contributed by atoms with Gasteiger partial charge in [-0.15, -0.1) is 11.3 Å². The Kier molecular flexibility index (Phi) is 4.50. The minimum Gasteiger partial charge on any atom is -0.347 e. The molecule has 1 aliphatic rings. The lowest BCUT2D eigenvalue weighted by atomic mass is 10.1. The van der Waals surface area contributed by atoms with E-state index in [4.69, 9.17) is 11.6 Å². The van der Waals surface area contributed by atoms with Gasteiger partial charge in [-0.25, -0.2) is 4.68 Å². The Morgan fingerprint density at radius 1 is 1.40 bits per heavy atom. The van der Waals surface area contributed by atoms with E-state index in [0.29, 0.717) is 5.02 Å². The molecule has 3 heterocycles. The van der Waals surface area contributed by atoms with Crippen LogP contribution in [0.4, 0.5) is 0 Å². The number of carbonyl (C=O) groups is 1. The predicted octanol–water partition coefficient (Wildman–Crippen LogP) is 3.53. The maximum atomic E-state index is 12.6. The second-order valence-electron chi connectivity index (χ2n) is 6.32. The number of thiophene rings is 1. The van der Waals surface area contributed by atoms with Crippen LogP contribution in [0, 0.1) is 6.92 Å². The molecule has 7 heteroatoms. The van der Waals surface area contributed by atoms with Gasteiger partial charge in [-0.3, -0.25) is 4.79 Å². The molecule has 130 valence electrons. The third-order valence-electron chi connectivity index (χ3n) is 4.47. The largest absolute Gasteiger partial charge is 0.347 e. The summed E-state index contributed by atoms with van der Waals surface area (Å²) in [6.07, 6.45) is 2.13. The Bertz CT molecular complexity index is 909. The molecular weight excluding hydrogens is 356 g/mol. The quantitative estimate of drug-likeness (QED) is 0.737. The number of carbonyl (C=O) groups excluding carboxylic acids is 1. The molecule has 0 unspecified atom stereocenters. The Morgan fingerprint density at radius 2 is 2.20 bits per heavy atom. The van der Waals surface area contributed by atoms with E-state index >= 15 is 0 Å².